The van der Waals surface area contributed by atoms with Crippen molar-refractivity contribution in [3.63, 3.8) is 0 Å². The van der Waals surface area contributed by atoms with Crippen LogP contribution in [0.25, 0.3) is 0 Å². The number of nitrogens with one attached hydrogen (secondary N) is 1. The number of nitrogens with two attached hydrogens (primary N) is 1. The van der Waals surface area contributed by atoms with Crippen LogP contribution in [0.3, 0.4) is 0 Å². The molecule has 0 aliphatic rings. The summed E-state index contributed by atoms with van der Waals surface area (Å²) in [6.45, 7) is 2.73. The highest BCUT2D eigenvalue weighted by atomic mass is 32.1. The van der Waals surface area contributed by atoms with Gasteiger partial charge < -0.3 is 5.73 Å². The molecule has 0 unspecified atom stereocenters. The summed E-state index contributed by atoms with van der Waals surface area (Å²) in [5.41, 5.74) is 5.41. The number of rotatable bonds is 1. The molecule has 0 aromatic carbocycles. The van der Waals surface area contributed by atoms with Crippen molar-refractivity contribution in [3.05, 3.63) is 4.77 Å². The Bertz CT molecular complexity index is 247. The van der Waals surface area contributed by atoms with Gasteiger partial charge >= 0.3 is 0 Å². The molecule has 1 aromatic rings. The van der Waals surface area contributed by atoms with E-state index in [0.29, 0.717) is 10.7 Å². The maximum atomic E-state index is 5.41. The number of nitrogens with zero attached hydrogens (tertiary/aromatic N) is 2. The van der Waals surface area contributed by atoms with Crippen LogP contribution in [0, 0.1) is 4.77 Å². The predicted molar refractivity (Wildman–Crippen MR) is 37.5 cm³/mol. The lowest BCUT2D eigenvalue weighted by Gasteiger charge is -1.93. The van der Waals surface area contributed by atoms with Gasteiger partial charge in [0, 0.05) is 6.54 Å². The Morgan fingerprint density at radius 3 is 2.78 bits per heavy atom. The molecule has 9 heavy (non-hydrogen) atoms. The summed E-state index contributed by atoms with van der Waals surface area (Å²) in [6.07, 6.45) is 0. The van der Waals surface area contributed by atoms with E-state index in [4.69, 9.17) is 18.0 Å². The zero-order valence-corrected chi connectivity index (χ0v) is 5.90. The van der Waals surface area contributed by atoms with Crippen molar-refractivity contribution in [3.8, 4) is 0 Å². The second-order valence-electron chi connectivity index (χ2n) is 1.63. The van der Waals surface area contributed by atoms with E-state index < -0.39 is 0 Å². The number of nitrogen functional groups attached to an aromatic ring is 1. The quantitative estimate of drug-likeness (QED) is 0.566. The van der Waals surface area contributed by atoms with E-state index in [1.807, 2.05) is 6.92 Å². The third-order valence-corrected chi connectivity index (χ3v) is 1.42. The van der Waals surface area contributed by atoms with Crippen molar-refractivity contribution < 1.29 is 0 Å². The van der Waals surface area contributed by atoms with Crippen LogP contribution >= 0.6 is 12.2 Å². The molecule has 0 aliphatic carbocycles. The van der Waals surface area contributed by atoms with Crippen LogP contribution < -0.4 is 5.73 Å². The monoisotopic (exact) mass is 144 g/mol. The molecule has 4 nitrogen and oxygen atoms in total. The van der Waals surface area contributed by atoms with Crippen LogP contribution in [0.4, 0.5) is 5.95 Å². The van der Waals surface area contributed by atoms with E-state index in [-0.39, 0.29) is 0 Å². The van der Waals surface area contributed by atoms with Gasteiger partial charge in [-0.2, -0.15) is 0 Å². The molecule has 5 heteroatoms. The minimum Gasteiger partial charge on any atom is -0.368 e. The van der Waals surface area contributed by atoms with E-state index >= 15 is 0 Å². The minimum absolute atomic E-state index is 0.447. The van der Waals surface area contributed by atoms with Gasteiger partial charge in [0.1, 0.15) is 0 Å². The Balaban J connectivity index is 3.23. The highest BCUT2D eigenvalue weighted by Crippen LogP contribution is 1.96. The molecule has 0 fully saturated rings. The van der Waals surface area contributed by atoms with Crippen LogP contribution in [-0.4, -0.2) is 14.8 Å². The first-order valence-corrected chi connectivity index (χ1v) is 3.07. The SMILES string of the molecule is CCn1c(N)n[nH]c1=S. The lowest BCUT2D eigenvalue weighted by atomic mass is 10.7. The predicted octanol–water partition coefficient (Wildman–Crippen LogP) is 0.543. The maximum absolute atomic E-state index is 5.41. The van der Waals surface area contributed by atoms with Crippen molar-refractivity contribution in [2.45, 2.75) is 13.5 Å². The Morgan fingerprint density at radius 1 is 1.89 bits per heavy atom. The molecular formula is C4H8N4S. The van der Waals surface area contributed by atoms with Crippen molar-refractivity contribution in [1.82, 2.24) is 14.8 Å². The van der Waals surface area contributed by atoms with Crippen molar-refractivity contribution >= 4 is 18.2 Å². The fourth-order valence-corrected chi connectivity index (χ4v) is 0.904. The highest BCUT2D eigenvalue weighted by Gasteiger charge is 1.95. The van der Waals surface area contributed by atoms with Crippen LogP contribution in [0.5, 0.6) is 0 Å². The Kier molecular flexibility index (Phi) is 1.52. The first-order chi connectivity index (χ1) is 4.25. The minimum atomic E-state index is 0.447. The molecular weight excluding hydrogens is 136 g/mol. The molecule has 0 saturated heterocycles. The van der Waals surface area contributed by atoms with Crippen LogP contribution in [-0.2, 0) is 6.54 Å². The second-order valence-corrected chi connectivity index (χ2v) is 2.02. The summed E-state index contributed by atoms with van der Waals surface area (Å²) in [6, 6.07) is 0. The number of aromatic nitrogens is 3. The molecule has 0 aliphatic heterocycles. The standard InChI is InChI=1S/C4H8N4S/c1-2-8-3(5)6-7-4(8)9/h2H2,1H3,(H2,5,6)(H,7,9). The molecule has 3 N–H and O–H groups in total. The summed E-state index contributed by atoms with van der Waals surface area (Å²) >= 11 is 4.84. The lowest BCUT2D eigenvalue weighted by molar-refractivity contribution is 0.758. The molecule has 1 rings (SSSR count). The van der Waals surface area contributed by atoms with Gasteiger partial charge in [0.05, 0.1) is 0 Å². The van der Waals surface area contributed by atoms with Gasteiger partial charge in [-0.05, 0) is 19.1 Å². The van der Waals surface area contributed by atoms with Gasteiger partial charge in [-0.15, -0.1) is 5.10 Å². The fraction of sp³-hybridized carbons (Fsp3) is 0.500. The van der Waals surface area contributed by atoms with Crippen LogP contribution in [0.1, 0.15) is 6.92 Å². The number of hydrogen-bond acceptors (Lipinski definition) is 3. The molecule has 0 saturated carbocycles. The van der Waals surface area contributed by atoms with Gasteiger partial charge in [-0.25, -0.2) is 5.10 Å². The van der Waals surface area contributed by atoms with Gasteiger partial charge in [0.2, 0.25) is 5.95 Å². The summed E-state index contributed by atoms with van der Waals surface area (Å²) in [7, 11) is 0. The van der Waals surface area contributed by atoms with Gasteiger partial charge in [-0.1, -0.05) is 0 Å². The topological polar surface area (TPSA) is 59.6 Å². The molecule has 0 radical (unpaired) electrons. The zero-order chi connectivity index (χ0) is 6.85. The summed E-state index contributed by atoms with van der Waals surface area (Å²) in [4.78, 5) is 0. The first kappa shape index (κ1) is 6.28. The number of anilines is 1. The van der Waals surface area contributed by atoms with Crippen molar-refractivity contribution in [2.75, 3.05) is 5.73 Å². The third-order valence-electron chi connectivity index (χ3n) is 1.10. The number of hydrogen-bond donors (Lipinski definition) is 2. The normalized spacial score (nSPS) is 9.89. The third kappa shape index (κ3) is 0.951. The van der Waals surface area contributed by atoms with Gasteiger partial charge in [0.25, 0.3) is 0 Å². The number of H-pyrrole nitrogens is 1. The highest BCUT2D eigenvalue weighted by molar-refractivity contribution is 7.71. The van der Waals surface area contributed by atoms with Crippen molar-refractivity contribution in [1.29, 1.82) is 0 Å². The fourth-order valence-electron chi connectivity index (χ4n) is 0.635. The van der Waals surface area contributed by atoms with E-state index in [1.54, 1.807) is 4.57 Å². The Labute approximate surface area is 57.7 Å². The van der Waals surface area contributed by atoms with Gasteiger partial charge in [0.15, 0.2) is 4.77 Å². The van der Waals surface area contributed by atoms with E-state index in [0.717, 1.165) is 6.54 Å². The molecule has 50 valence electrons. The summed E-state index contributed by atoms with van der Waals surface area (Å²) in [5.74, 6) is 0.447. The molecule has 0 amide bonds. The van der Waals surface area contributed by atoms with Crippen molar-refractivity contribution in [2.24, 2.45) is 0 Å². The van der Waals surface area contributed by atoms with Crippen LogP contribution in [0.15, 0.2) is 0 Å². The summed E-state index contributed by atoms with van der Waals surface area (Å²) < 4.78 is 2.30. The lowest BCUT2D eigenvalue weighted by Crippen LogP contribution is -2.00. The Morgan fingerprint density at radius 2 is 2.56 bits per heavy atom. The Hall–Kier alpha value is -0.840. The van der Waals surface area contributed by atoms with Gasteiger partial charge in [-0.3, -0.25) is 4.57 Å². The van der Waals surface area contributed by atoms with E-state index in [9.17, 15) is 0 Å². The largest absolute Gasteiger partial charge is 0.368 e. The zero-order valence-electron chi connectivity index (χ0n) is 5.09. The molecule has 1 heterocycles. The second kappa shape index (κ2) is 2.18. The summed E-state index contributed by atoms with van der Waals surface area (Å²) in [5, 5.41) is 6.29. The van der Waals surface area contributed by atoms with E-state index in [1.165, 1.54) is 0 Å². The number of aromatic amines is 1. The van der Waals surface area contributed by atoms with E-state index in [2.05, 4.69) is 10.2 Å². The smallest absolute Gasteiger partial charge is 0.220 e. The molecule has 0 atom stereocenters. The first-order valence-electron chi connectivity index (χ1n) is 2.66. The molecule has 1 aromatic heterocycles. The maximum Gasteiger partial charge on any atom is 0.220 e. The van der Waals surface area contributed by atoms with Crippen LogP contribution in [0.2, 0.25) is 0 Å². The molecule has 0 bridgehead atoms. The average Bonchev–Trinajstić information content (AvgIpc) is 2.12. The average molecular weight is 144 g/mol. The molecule has 0 spiro atoms.